The third-order valence-electron chi connectivity index (χ3n) is 5.81. The maximum atomic E-state index is 10.5. The minimum absolute atomic E-state index is 0.578. The summed E-state index contributed by atoms with van der Waals surface area (Å²) < 4.78 is 11.3. The molecule has 162 valence electrons. The monoisotopic (exact) mass is 448 g/mol. The van der Waals surface area contributed by atoms with Gasteiger partial charge in [-0.25, -0.2) is 0 Å². The minimum Gasteiger partial charge on any atom is -0.387 e. The molecule has 1 saturated heterocycles. The first-order valence-corrected chi connectivity index (χ1v) is 12.3. The van der Waals surface area contributed by atoms with Gasteiger partial charge in [0, 0.05) is 16.2 Å². The third-order valence-corrected chi connectivity index (χ3v) is 7.83. The average Bonchev–Trinajstić information content (AvgIpc) is 3.23. The van der Waals surface area contributed by atoms with Crippen molar-refractivity contribution in [3.05, 3.63) is 62.9 Å². The van der Waals surface area contributed by atoms with Gasteiger partial charge in [0.05, 0.1) is 13.2 Å². The molecular formula is C23H28O5S2. The smallest absolute Gasteiger partial charge is 0.132 e. The first-order chi connectivity index (χ1) is 14.5. The maximum Gasteiger partial charge on any atom is 0.132 e. The Labute approximate surface area is 185 Å². The lowest BCUT2D eigenvalue weighted by Gasteiger charge is -2.40. The van der Waals surface area contributed by atoms with Crippen molar-refractivity contribution in [1.29, 1.82) is 0 Å². The van der Waals surface area contributed by atoms with E-state index in [0.29, 0.717) is 6.61 Å². The number of rotatable bonds is 5. The standard InChI is InChI=1S/C23H28O5S2/c1-13-3-4-15(22-20(25)19(24)21(26)23(28-22)29-2)11-16(13)12-17-5-6-18(30-17)14-7-9-27-10-8-14/h3-7,11,19-26H,8-10,12H2,1-2H3/t19-,20-,21+,22?,23-/m1/s1. The fourth-order valence-electron chi connectivity index (χ4n) is 3.96. The van der Waals surface area contributed by atoms with Crippen LogP contribution in [0.3, 0.4) is 0 Å². The quantitative estimate of drug-likeness (QED) is 0.652. The van der Waals surface area contributed by atoms with E-state index >= 15 is 0 Å². The Morgan fingerprint density at radius 3 is 2.67 bits per heavy atom. The van der Waals surface area contributed by atoms with Gasteiger partial charge in [-0.1, -0.05) is 24.3 Å². The van der Waals surface area contributed by atoms with E-state index in [1.54, 1.807) is 0 Å². The summed E-state index contributed by atoms with van der Waals surface area (Å²) in [7, 11) is 0. The Kier molecular flexibility index (Phi) is 6.99. The van der Waals surface area contributed by atoms with Gasteiger partial charge < -0.3 is 24.8 Å². The summed E-state index contributed by atoms with van der Waals surface area (Å²) in [5.74, 6) is 0. The third kappa shape index (κ3) is 4.53. The van der Waals surface area contributed by atoms with Crippen LogP contribution in [0, 0.1) is 6.92 Å². The number of aliphatic hydroxyl groups is 3. The van der Waals surface area contributed by atoms with E-state index in [4.69, 9.17) is 9.47 Å². The van der Waals surface area contributed by atoms with Crippen molar-refractivity contribution in [1.82, 2.24) is 0 Å². The van der Waals surface area contributed by atoms with Crippen LogP contribution in [0.2, 0.25) is 0 Å². The molecule has 2 aliphatic rings. The second kappa shape index (κ2) is 9.53. The van der Waals surface area contributed by atoms with E-state index in [1.807, 2.05) is 29.7 Å². The highest BCUT2D eigenvalue weighted by Gasteiger charge is 2.44. The average molecular weight is 449 g/mol. The molecule has 2 aromatic rings. The molecule has 3 N–H and O–H groups in total. The Balaban J connectivity index is 1.55. The molecule has 7 heteroatoms. The lowest BCUT2D eigenvalue weighted by molar-refractivity contribution is -0.200. The number of aliphatic hydroxyl groups excluding tert-OH is 3. The molecule has 2 aliphatic heterocycles. The van der Waals surface area contributed by atoms with Gasteiger partial charge in [-0.3, -0.25) is 0 Å². The van der Waals surface area contributed by atoms with Crippen molar-refractivity contribution in [2.24, 2.45) is 0 Å². The molecule has 5 nitrogen and oxygen atoms in total. The molecule has 30 heavy (non-hydrogen) atoms. The fraction of sp³-hybridized carbons (Fsp3) is 0.478. The molecule has 3 heterocycles. The van der Waals surface area contributed by atoms with Crippen LogP contribution in [0.4, 0.5) is 0 Å². The Morgan fingerprint density at radius 2 is 1.93 bits per heavy atom. The molecular weight excluding hydrogens is 420 g/mol. The van der Waals surface area contributed by atoms with Crippen LogP contribution in [0.5, 0.6) is 0 Å². The normalized spacial score (nSPS) is 29.6. The molecule has 1 fully saturated rings. The molecule has 0 aliphatic carbocycles. The summed E-state index contributed by atoms with van der Waals surface area (Å²) in [4.78, 5) is 2.58. The maximum absolute atomic E-state index is 10.5. The molecule has 4 rings (SSSR count). The van der Waals surface area contributed by atoms with Crippen LogP contribution in [0.15, 0.2) is 36.4 Å². The van der Waals surface area contributed by atoms with E-state index in [2.05, 4.69) is 31.2 Å². The van der Waals surface area contributed by atoms with Crippen molar-refractivity contribution >= 4 is 28.7 Å². The van der Waals surface area contributed by atoms with E-state index < -0.39 is 29.9 Å². The lowest BCUT2D eigenvalue weighted by Crippen LogP contribution is -2.52. The number of hydrogen-bond donors (Lipinski definition) is 3. The van der Waals surface area contributed by atoms with Gasteiger partial charge in [0.25, 0.3) is 0 Å². The number of ether oxygens (including phenoxy) is 2. The van der Waals surface area contributed by atoms with Gasteiger partial charge in [0.1, 0.15) is 29.9 Å². The number of thioether (sulfide) groups is 1. The summed E-state index contributed by atoms with van der Waals surface area (Å²) in [5, 5.41) is 30.9. The first-order valence-electron chi connectivity index (χ1n) is 10.2. The Bertz CT molecular complexity index is 907. The number of thiophene rings is 1. The molecule has 1 unspecified atom stereocenters. The molecule has 0 saturated carbocycles. The number of benzene rings is 1. The highest BCUT2D eigenvalue weighted by molar-refractivity contribution is 7.99. The van der Waals surface area contributed by atoms with Crippen molar-refractivity contribution in [2.75, 3.05) is 19.5 Å². The van der Waals surface area contributed by atoms with Crippen molar-refractivity contribution in [2.45, 2.75) is 49.6 Å². The Hall–Kier alpha value is -1.19. The van der Waals surface area contributed by atoms with Gasteiger partial charge in [-0.2, -0.15) is 0 Å². The second-order valence-electron chi connectivity index (χ2n) is 7.82. The summed E-state index contributed by atoms with van der Waals surface area (Å²) in [6, 6.07) is 10.4. The van der Waals surface area contributed by atoms with Gasteiger partial charge in [0.15, 0.2) is 0 Å². The van der Waals surface area contributed by atoms with Crippen molar-refractivity contribution in [3.63, 3.8) is 0 Å². The molecule has 0 amide bonds. The van der Waals surface area contributed by atoms with Crippen LogP contribution >= 0.6 is 23.1 Å². The van der Waals surface area contributed by atoms with Gasteiger partial charge in [-0.15, -0.1) is 23.1 Å². The Morgan fingerprint density at radius 1 is 1.10 bits per heavy atom. The van der Waals surface area contributed by atoms with Crippen molar-refractivity contribution in [3.8, 4) is 0 Å². The molecule has 1 aromatic heterocycles. The van der Waals surface area contributed by atoms with Gasteiger partial charge in [0.2, 0.25) is 0 Å². The fourth-order valence-corrected chi connectivity index (χ4v) is 5.73. The highest BCUT2D eigenvalue weighted by Crippen LogP contribution is 2.37. The lowest BCUT2D eigenvalue weighted by atomic mass is 9.92. The topological polar surface area (TPSA) is 79.2 Å². The highest BCUT2D eigenvalue weighted by atomic mass is 32.2. The molecule has 0 bridgehead atoms. The molecule has 0 radical (unpaired) electrons. The second-order valence-corrected chi connectivity index (χ2v) is 9.92. The summed E-state index contributed by atoms with van der Waals surface area (Å²) in [6.45, 7) is 3.54. The van der Waals surface area contributed by atoms with Crippen LogP contribution in [-0.4, -0.2) is 58.5 Å². The van der Waals surface area contributed by atoms with Gasteiger partial charge >= 0.3 is 0 Å². The molecule has 0 spiro atoms. The predicted octanol–water partition coefficient (Wildman–Crippen LogP) is 3.29. The van der Waals surface area contributed by atoms with E-state index in [-0.39, 0.29) is 0 Å². The molecule has 5 atom stereocenters. The van der Waals surface area contributed by atoms with Crippen LogP contribution < -0.4 is 0 Å². The zero-order chi connectivity index (χ0) is 21.3. The van der Waals surface area contributed by atoms with Gasteiger partial charge in [-0.05, 0) is 54.0 Å². The zero-order valence-electron chi connectivity index (χ0n) is 17.2. The molecule has 1 aromatic carbocycles. The van der Waals surface area contributed by atoms with E-state index in [1.165, 1.54) is 38.2 Å². The summed E-state index contributed by atoms with van der Waals surface area (Å²) in [6.07, 6.45) is 1.54. The SMILES string of the molecule is CS[C@H]1OC(c2ccc(C)c(Cc3ccc(C4=CCOCC4)s3)c2)[C@H](O)[C@@H](O)[C@@H]1O. The number of aryl methyl sites for hydroxylation is 1. The minimum atomic E-state index is -1.24. The summed E-state index contributed by atoms with van der Waals surface area (Å²) in [5.41, 5.74) is 3.94. The number of hydrogen-bond acceptors (Lipinski definition) is 7. The van der Waals surface area contributed by atoms with E-state index in [9.17, 15) is 15.3 Å². The van der Waals surface area contributed by atoms with Crippen LogP contribution in [0.25, 0.3) is 5.57 Å². The van der Waals surface area contributed by atoms with E-state index in [0.717, 1.165) is 25.0 Å². The largest absolute Gasteiger partial charge is 0.387 e. The van der Waals surface area contributed by atoms with Crippen LogP contribution in [0.1, 0.15) is 39.0 Å². The first kappa shape index (κ1) is 22.0. The summed E-state index contributed by atoms with van der Waals surface area (Å²) >= 11 is 3.14. The van der Waals surface area contributed by atoms with Crippen molar-refractivity contribution < 1.29 is 24.8 Å². The predicted molar refractivity (Wildman–Crippen MR) is 121 cm³/mol. The van der Waals surface area contributed by atoms with Crippen LogP contribution in [-0.2, 0) is 15.9 Å². The zero-order valence-corrected chi connectivity index (χ0v) is 18.8.